The number of sulfonamides is 1. The van der Waals surface area contributed by atoms with Crippen molar-refractivity contribution in [3.8, 4) is 5.75 Å². The maximum atomic E-state index is 14.2. The number of benzene rings is 3. The number of nitrogens with zero attached hydrogens (tertiary/aromatic N) is 2. The summed E-state index contributed by atoms with van der Waals surface area (Å²) in [4.78, 5) is 29.0. The van der Waals surface area contributed by atoms with E-state index in [-0.39, 0.29) is 34.5 Å². The van der Waals surface area contributed by atoms with Crippen molar-refractivity contribution in [2.45, 2.75) is 64.1 Å². The third kappa shape index (κ3) is 8.18. The number of nitrogens with one attached hydrogen (secondary N) is 1. The maximum absolute atomic E-state index is 14.2. The summed E-state index contributed by atoms with van der Waals surface area (Å²) in [5.74, 6) is -0.594. The molecule has 0 aliphatic heterocycles. The molecule has 3 rings (SSSR count). The zero-order valence-electron chi connectivity index (χ0n) is 24.6. The first-order valence-electron chi connectivity index (χ1n) is 13.5. The summed E-state index contributed by atoms with van der Waals surface area (Å²) in [6.45, 7) is 8.59. The molecule has 0 saturated carbocycles. The van der Waals surface area contributed by atoms with E-state index in [2.05, 4.69) is 5.32 Å². The van der Waals surface area contributed by atoms with Crippen molar-refractivity contribution in [3.05, 3.63) is 87.9 Å². The second-order valence-electron chi connectivity index (χ2n) is 10.9. The van der Waals surface area contributed by atoms with Crippen molar-refractivity contribution < 1.29 is 22.7 Å². The Morgan fingerprint density at radius 1 is 0.976 bits per heavy atom. The summed E-state index contributed by atoms with van der Waals surface area (Å²) in [5.41, 5.74) is 1.12. The molecule has 3 aromatic carbocycles. The van der Waals surface area contributed by atoms with Gasteiger partial charge in [-0.25, -0.2) is 8.42 Å². The van der Waals surface area contributed by atoms with Crippen molar-refractivity contribution >= 4 is 50.7 Å². The van der Waals surface area contributed by atoms with Gasteiger partial charge in [0.1, 0.15) is 18.3 Å². The summed E-state index contributed by atoms with van der Waals surface area (Å²) in [7, 11) is -2.79. The van der Waals surface area contributed by atoms with E-state index >= 15 is 0 Å². The number of amides is 2. The monoisotopic (exact) mass is 633 g/mol. The Morgan fingerprint density at radius 2 is 1.62 bits per heavy atom. The number of hydrogen-bond acceptors (Lipinski definition) is 5. The van der Waals surface area contributed by atoms with E-state index in [4.69, 9.17) is 27.9 Å². The number of anilines is 1. The van der Waals surface area contributed by atoms with Crippen LogP contribution in [0.1, 0.15) is 45.2 Å². The van der Waals surface area contributed by atoms with Crippen LogP contribution < -0.4 is 14.4 Å². The van der Waals surface area contributed by atoms with E-state index in [9.17, 15) is 18.0 Å². The third-order valence-electron chi connectivity index (χ3n) is 6.49. The molecular formula is C31H37Cl2N3O5S. The molecule has 1 N–H and O–H groups in total. The summed E-state index contributed by atoms with van der Waals surface area (Å²) in [6, 6.07) is 16.9. The fourth-order valence-electron chi connectivity index (χ4n) is 4.36. The maximum Gasteiger partial charge on any atom is 0.264 e. The minimum absolute atomic E-state index is 0.00279. The standard InChI is InChI=1S/C31H37Cl2N3O5S/c1-7-27(30(38)34-31(3,4)5)35(19-22-10-8-9-11-25(22)32)29(37)20-36(23-14-17-28(41-6)26(33)18-23)42(39,40)24-15-12-21(2)13-16-24/h8-18,27H,7,19-20H2,1-6H3,(H,34,38). The molecule has 0 saturated heterocycles. The number of carbonyl (C=O) groups is 2. The van der Waals surface area contributed by atoms with Gasteiger partial charge in [-0.15, -0.1) is 0 Å². The molecule has 0 aliphatic rings. The minimum atomic E-state index is -4.24. The molecule has 0 radical (unpaired) electrons. The molecule has 226 valence electrons. The predicted octanol–water partition coefficient (Wildman–Crippen LogP) is 6.23. The number of halogens is 2. The first kappa shape index (κ1) is 33.2. The molecule has 0 aliphatic carbocycles. The van der Waals surface area contributed by atoms with Crippen LogP contribution in [0, 0.1) is 6.92 Å². The SMILES string of the molecule is CCC(C(=O)NC(C)(C)C)N(Cc1ccccc1Cl)C(=O)CN(c1ccc(OC)c(Cl)c1)S(=O)(=O)c1ccc(C)cc1. The van der Waals surface area contributed by atoms with Crippen molar-refractivity contribution in [2.75, 3.05) is 18.0 Å². The third-order valence-corrected chi connectivity index (χ3v) is 8.95. The van der Waals surface area contributed by atoms with Gasteiger partial charge >= 0.3 is 0 Å². The number of hydrogen-bond donors (Lipinski definition) is 1. The zero-order valence-corrected chi connectivity index (χ0v) is 27.0. The fraction of sp³-hybridized carbons (Fsp3) is 0.355. The van der Waals surface area contributed by atoms with E-state index in [1.807, 2.05) is 27.7 Å². The van der Waals surface area contributed by atoms with Crippen LogP contribution in [0.4, 0.5) is 5.69 Å². The lowest BCUT2D eigenvalue weighted by molar-refractivity contribution is -0.141. The fourth-order valence-corrected chi connectivity index (χ4v) is 6.21. The average molecular weight is 635 g/mol. The van der Waals surface area contributed by atoms with Crippen molar-refractivity contribution in [1.82, 2.24) is 10.2 Å². The highest BCUT2D eigenvalue weighted by Crippen LogP contribution is 2.32. The van der Waals surface area contributed by atoms with Crippen LogP contribution in [0.2, 0.25) is 10.0 Å². The number of carbonyl (C=O) groups excluding carboxylic acids is 2. The lowest BCUT2D eigenvalue weighted by Gasteiger charge is -2.35. The highest BCUT2D eigenvalue weighted by Gasteiger charge is 2.35. The number of aryl methyl sites for hydroxylation is 1. The molecule has 0 heterocycles. The Hall–Kier alpha value is -3.27. The summed E-state index contributed by atoms with van der Waals surface area (Å²) in [6.07, 6.45) is 0.289. The molecule has 2 amide bonds. The van der Waals surface area contributed by atoms with Gasteiger partial charge in [-0.1, -0.05) is 66.0 Å². The Morgan fingerprint density at radius 3 is 2.17 bits per heavy atom. The molecule has 0 spiro atoms. The van der Waals surface area contributed by atoms with Gasteiger partial charge in [0.15, 0.2) is 0 Å². The lowest BCUT2D eigenvalue weighted by atomic mass is 10.1. The Kier molecular flexibility index (Phi) is 10.9. The van der Waals surface area contributed by atoms with Crippen molar-refractivity contribution in [2.24, 2.45) is 0 Å². The molecule has 3 aromatic rings. The van der Waals surface area contributed by atoms with Gasteiger partial charge in [-0.2, -0.15) is 0 Å². The van der Waals surface area contributed by atoms with E-state index in [1.54, 1.807) is 43.3 Å². The van der Waals surface area contributed by atoms with Gasteiger partial charge in [-0.05, 0) is 76.1 Å². The highest BCUT2D eigenvalue weighted by atomic mass is 35.5. The minimum Gasteiger partial charge on any atom is -0.495 e. The summed E-state index contributed by atoms with van der Waals surface area (Å²) in [5, 5.41) is 3.54. The second-order valence-corrected chi connectivity index (χ2v) is 13.6. The molecule has 0 fully saturated rings. The van der Waals surface area contributed by atoms with Gasteiger partial charge in [-0.3, -0.25) is 13.9 Å². The second kappa shape index (κ2) is 13.8. The quantitative estimate of drug-likeness (QED) is 0.270. The van der Waals surface area contributed by atoms with Crippen molar-refractivity contribution in [3.63, 3.8) is 0 Å². The highest BCUT2D eigenvalue weighted by molar-refractivity contribution is 7.92. The molecule has 1 unspecified atom stereocenters. The van der Waals surface area contributed by atoms with Crippen LogP contribution in [0.25, 0.3) is 0 Å². The molecule has 0 aromatic heterocycles. The Bertz CT molecular complexity index is 1520. The van der Waals surface area contributed by atoms with Gasteiger partial charge in [0.2, 0.25) is 11.8 Å². The molecular weight excluding hydrogens is 597 g/mol. The predicted molar refractivity (Wildman–Crippen MR) is 168 cm³/mol. The van der Waals surface area contributed by atoms with Crippen LogP contribution in [0.5, 0.6) is 5.75 Å². The molecule has 42 heavy (non-hydrogen) atoms. The van der Waals surface area contributed by atoms with Gasteiger partial charge in [0.05, 0.1) is 22.7 Å². The van der Waals surface area contributed by atoms with Crippen LogP contribution in [-0.2, 0) is 26.2 Å². The number of ether oxygens (including phenoxy) is 1. The smallest absolute Gasteiger partial charge is 0.264 e. The largest absolute Gasteiger partial charge is 0.495 e. The normalized spacial score (nSPS) is 12.4. The van der Waals surface area contributed by atoms with Crippen molar-refractivity contribution in [1.29, 1.82) is 0 Å². The molecule has 1 atom stereocenters. The van der Waals surface area contributed by atoms with E-state index in [0.29, 0.717) is 16.3 Å². The van der Waals surface area contributed by atoms with Crippen LogP contribution in [0.3, 0.4) is 0 Å². The van der Waals surface area contributed by atoms with Gasteiger partial charge in [0, 0.05) is 17.1 Å². The molecule has 8 nitrogen and oxygen atoms in total. The van der Waals surface area contributed by atoms with Gasteiger partial charge in [0.25, 0.3) is 10.0 Å². The number of rotatable bonds is 11. The molecule has 0 bridgehead atoms. The Labute approximate surface area is 258 Å². The zero-order chi connectivity index (χ0) is 31.2. The first-order chi connectivity index (χ1) is 19.7. The van der Waals surface area contributed by atoms with Crippen LogP contribution >= 0.6 is 23.2 Å². The number of methoxy groups -OCH3 is 1. The van der Waals surface area contributed by atoms with Gasteiger partial charge < -0.3 is 15.0 Å². The lowest BCUT2D eigenvalue weighted by Crippen LogP contribution is -2.55. The van der Waals surface area contributed by atoms with Crippen LogP contribution in [-0.4, -0.2) is 50.4 Å². The first-order valence-corrected chi connectivity index (χ1v) is 15.7. The average Bonchev–Trinajstić information content (AvgIpc) is 2.91. The van der Waals surface area contributed by atoms with E-state index in [1.165, 1.54) is 42.3 Å². The van der Waals surface area contributed by atoms with E-state index in [0.717, 1.165) is 9.87 Å². The summed E-state index contributed by atoms with van der Waals surface area (Å²) >= 11 is 12.8. The molecule has 11 heteroatoms. The Balaban J connectivity index is 2.12. The van der Waals surface area contributed by atoms with Crippen LogP contribution in [0.15, 0.2) is 71.6 Å². The topological polar surface area (TPSA) is 96.0 Å². The summed E-state index contributed by atoms with van der Waals surface area (Å²) < 4.78 is 34.3. The van der Waals surface area contributed by atoms with E-state index < -0.39 is 34.1 Å².